The second-order valence-corrected chi connectivity index (χ2v) is 8.44. The molecule has 0 spiro atoms. The highest BCUT2D eigenvalue weighted by molar-refractivity contribution is 5.93. The second kappa shape index (κ2) is 8.70. The van der Waals surface area contributed by atoms with Gasteiger partial charge in [-0.05, 0) is 61.2 Å². The predicted molar refractivity (Wildman–Crippen MR) is 123 cm³/mol. The lowest BCUT2D eigenvalue weighted by atomic mass is 10.1. The van der Waals surface area contributed by atoms with E-state index in [-0.39, 0.29) is 34.5 Å². The van der Waals surface area contributed by atoms with Crippen LogP contribution in [0.15, 0.2) is 67.0 Å². The molecule has 1 amide bonds. The van der Waals surface area contributed by atoms with Crippen molar-refractivity contribution in [2.45, 2.75) is 25.7 Å². The normalized spacial score (nSPS) is 15.0. The molecule has 0 aromatic carbocycles. The van der Waals surface area contributed by atoms with Crippen molar-refractivity contribution in [3.8, 4) is 0 Å². The molecule has 1 aliphatic carbocycles. The molecule has 0 radical (unpaired) electrons. The van der Waals surface area contributed by atoms with Gasteiger partial charge in [-0.3, -0.25) is 9.20 Å². The summed E-state index contributed by atoms with van der Waals surface area (Å²) in [6.07, 6.45) is 5.94. The Morgan fingerprint density at radius 3 is 2.58 bits per heavy atom. The van der Waals surface area contributed by atoms with Gasteiger partial charge in [-0.1, -0.05) is 6.58 Å². The van der Waals surface area contributed by atoms with Crippen LogP contribution in [-0.2, 0) is 10.7 Å². The van der Waals surface area contributed by atoms with Crippen LogP contribution < -0.4 is 5.32 Å². The summed E-state index contributed by atoms with van der Waals surface area (Å²) in [7, 11) is 0. The molecule has 4 aromatic rings. The first-order chi connectivity index (χ1) is 17.1. The number of pyridine rings is 1. The molecule has 1 saturated carbocycles. The molecule has 0 aliphatic heterocycles. The summed E-state index contributed by atoms with van der Waals surface area (Å²) in [5, 5.41) is 14.1. The third kappa shape index (κ3) is 4.49. The van der Waals surface area contributed by atoms with Gasteiger partial charge < -0.3 is 5.32 Å². The van der Waals surface area contributed by atoms with E-state index in [1.165, 1.54) is 30.6 Å². The lowest BCUT2D eigenvalue weighted by Gasteiger charge is -2.14. The van der Waals surface area contributed by atoms with Gasteiger partial charge in [0.25, 0.3) is 0 Å². The van der Waals surface area contributed by atoms with Crippen molar-refractivity contribution >= 4 is 28.6 Å². The zero-order valence-corrected chi connectivity index (χ0v) is 18.9. The monoisotopic (exact) mass is 497 g/mol. The van der Waals surface area contributed by atoms with Crippen LogP contribution in [0.3, 0.4) is 0 Å². The average Bonchev–Trinajstić information content (AvgIpc) is 3.45. The van der Waals surface area contributed by atoms with E-state index in [9.17, 15) is 13.6 Å². The van der Waals surface area contributed by atoms with E-state index >= 15 is 8.78 Å². The first-order valence-corrected chi connectivity index (χ1v) is 10.9. The zero-order chi connectivity index (χ0) is 25.6. The van der Waals surface area contributed by atoms with Crippen molar-refractivity contribution in [2.75, 3.05) is 5.32 Å². The quantitative estimate of drug-likeness (QED) is 0.287. The standard InChI is InChI=1S/C24H19F4N7O/c1-13(9-17(26)10-14(2)25)16-5-7-21-31-32-23(34(21)11-16)24(27,28)18-6-8-20-29-19(12-35(20)33-18)30-22(36)15-3-4-15/h5-12,15H,1,3-4H2,2H3,(H,30,36). The minimum Gasteiger partial charge on any atom is -0.309 e. The number of nitrogens with one attached hydrogen (secondary N) is 1. The Hall–Kier alpha value is -4.35. The van der Waals surface area contributed by atoms with Crippen molar-refractivity contribution in [1.82, 2.24) is 29.2 Å². The van der Waals surface area contributed by atoms with Gasteiger partial charge in [0.1, 0.15) is 11.5 Å². The zero-order valence-electron chi connectivity index (χ0n) is 18.9. The van der Waals surface area contributed by atoms with E-state index in [1.54, 1.807) is 0 Å². The lowest BCUT2D eigenvalue weighted by molar-refractivity contribution is -0.117. The molecule has 5 rings (SSSR count). The van der Waals surface area contributed by atoms with Gasteiger partial charge in [0, 0.05) is 18.2 Å². The highest BCUT2D eigenvalue weighted by Crippen LogP contribution is 2.34. The fourth-order valence-electron chi connectivity index (χ4n) is 3.57. The van der Waals surface area contributed by atoms with E-state index in [0.29, 0.717) is 11.6 Å². The number of carbonyl (C=O) groups excluding carboxylic acids is 1. The van der Waals surface area contributed by atoms with Gasteiger partial charge >= 0.3 is 5.92 Å². The number of hydrogen-bond acceptors (Lipinski definition) is 5. The van der Waals surface area contributed by atoms with Crippen molar-refractivity contribution in [3.63, 3.8) is 0 Å². The molecule has 12 heteroatoms. The third-order valence-corrected chi connectivity index (χ3v) is 5.54. The molecule has 1 N–H and O–H groups in total. The summed E-state index contributed by atoms with van der Waals surface area (Å²) in [6.45, 7) is 4.81. The number of aromatic nitrogens is 6. The molecule has 0 unspecified atom stereocenters. The van der Waals surface area contributed by atoms with Gasteiger partial charge in [0.2, 0.25) is 11.7 Å². The number of hydrogen-bond donors (Lipinski definition) is 1. The minimum absolute atomic E-state index is 0.0406. The molecule has 184 valence electrons. The van der Waals surface area contributed by atoms with E-state index in [0.717, 1.165) is 40.8 Å². The number of carbonyl (C=O) groups is 1. The fourth-order valence-corrected chi connectivity index (χ4v) is 3.57. The number of fused-ring (bicyclic) bond motifs is 2. The van der Waals surface area contributed by atoms with Crippen LogP contribution in [0, 0.1) is 5.92 Å². The molecular formula is C24H19F4N7O. The Balaban J connectivity index is 1.48. The van der Waals surface area contributed by atoms with Crippen molar-refractivity contribution in [1.29, 1.82) is 0 Å². The summed E-state index contributed by atoms with van der Waals surface area (Å²) in [6, 6.07) is 5.41. The summed E-state index contributed by atoms with van der Waals surface area (Å²) >= 11 is 0. The predicted octanol–water partition coefficient (Wildman–Crippen LogP) is 5.00. The maximum Gasteiger partial charge on any atom is 0.350 e. The molecule has 1 aliphatic rings. The molecule has 4 heterocycles. The maximum atomic E-state index is 15.6. The van der Waals surface area contributed by atoms with E-state index < -0.39 is 29.1 Å². The van der Waals surface area contributed by atoms with Gasteiger partial charge in [-0.15, -0.1) is 10.2 Å². The highest BCUT2D eigenvalue weighted by Gasteiger charge is 2.41. The Bertz CT molecular complexity index is 1580. The first kappa shape index (κ1) is 23.4. The summed E-state index contributed by atoms with van der Waals surface area (Å²) in [4.78, 5) is 16.2. The molecule has 36 heavy (non-hydrogen) atoms. The number of amides is 1. The van der Waals surface area contributed by atoms with Gasteiger partial charge in [-0.25, -0.2) is 18.3 Å². The minimum atomic E-state index is -3.68. The molecule has 4 aromatic heterocycles. The van der Waals surface area contributed by atoms with Crippen LogP contribution in [0.25, 0.3) is 16.9 Å². The van der Waals surface area contributed by atoms with Crippen LogP contribution in [0.1, 0.15) is 36.8 Å². The summed E-state index contributed by atoms with van der Waals surface area (Å²) in [5.74, 6) is -5.99. The molecule has 0 bridgehead atoms. The van der Waals surface area contributed by atoms with E-state index in [2.05, 4.69) is 32.2 Å². The molecule has 8 nitrogen and oxygen atoms in total. The SMILES string of the molecule is C=C(C=C(F)C=C(C)F)c1ccc2nnc(C(F)(F)c3ccc4nc(NC(=O)C5CC5)cn4n3)n2c1. The van der Waals surface area contributed by atoms with Crippen LogP contribution in [-0.4, -0.2) is 35.1 Å². The number of alkyl halides is 2. The maximum absolute atomic E-state index is 15.6. The number of allylic oxidation sites excluding steroid dienone is 5. The number of halogens is 4. The molecule has 1 fully saturated rings. The lowest BCUT2D eigenvalue weighted by Crippen LogP contribution is -2.22. The van der Waals surface area contributed by atoms with Crippen molar-refractivity contribution in [3.05, 3.63) is 84.1 Å². The second-order valence-electron chi connectivity index (χ2n) is 8.44. The molecule has 0 atom stereocenters. The van der Waals surface area contributed by atoms with E-state index in [4.69, 9.17) is 0 Å². The van der Waals surface area contributed by atoms with Crippen LogP contribution in [0.2, 0.25) is 0 Å². The molecule has 0 saturated heterocycles. The van der Waals surface area contributed by atoms with E-state index in [1.807, 2.05) is 0 Å². The molecular weight excluding hydrogens is 478 g/mol. The largest absolute Gasteiger partial charge is 0.350 e. The van der Waals surface area contributed by atoms with Crippen molar-refractivity contribution in [2.24, 2.45) is 5.92 Å². The Morgan fingerprint density at radius 1 is 1.11 bits per heavy atom. The number of rotatable bonds is 7. The number of nitrogens with zero attached hydrogens (tertiary/aromatic N) is 6. The summed E-state index contributed by atoms with van der Waals surface area (Å²) < 4.78 is 60.1. The first-order valence-electron chi connectivity index (χ1n) is 10.9. The van der Waals surface area contributed by atoms with Crippen LogP contribution in [0.4, 0.5) is 23.4 Å². The number of anilines is 1. The van der Waals surface area contributed by atoms with Crippen LogP contribution >= 0.6 is 0 Å². The Kier molecular flexibility index (Phi) is 5.65. The Labute approximate surface area is 201 Å². The smallest absolute Gasteiger partial charge is 0.309 e. The highest BCUT2D eigenvalue weighted by atomic mass is 19.3. The fraction of sp³-hybridized carbons (Fsp3) is 0.208. The van der Waals surface area contributed by atoms with Gasteiger partial charge in [0.15, 0.2) is 17.1 Å². The Morgan fingerprint density at radius 2 is 1.86 bits per heavy atom. The third-order valence-electron chi connectivity index (χ3n) is 5.54. The van der Waals surface area contributed by atoms with Crippen molar-refractivity contribution < 1.29 is 22.4 Å². The summed E-state index contributed by atoms with van der Waals surface area (Å²) in [5.41, 5.74) is 0.207. The van der Waals surface area contributed by atoms with Gasteiger partial charge in [0.05, 0.1) is 12.0 Å². The van der Waals surface area contributed by atoms with Gasteiger partial charge in [-0.2, -0.15) is 13.9 Å². The number of imidazole rings is 1. The topological polar surface area (TPSA) is 89.5 Å². The average molecular weight is 497 g/mol. The van der Waals surface area contributed by atoms with Crippen LogP contribution in [0.5, 0.6) is 0 Å².